The molecule has 0 fully saturated rings. The van der Waals surface area contributed by atoms with Crippen LogP contribution >= 0.6 is 11.8 Å². The van der Waals surface area contributed by atoms with E-state index in [0.717, 1.165) is 0 Å². The number of thioether (sulfide) groups is 1. The summed E-state index contributed by atoms with van der Waals surface area (Å²) >= 11 is 1.53. The first-order chi connectivity index (χ1) is 10.3. The molecular weight excluding hydrogens is 317 g/mol. The Bertz CT molecular complexity index is 477. The molecule has 0 saturated heterocycles. The number of alkyl halides is 3. The Labute approximate surface area is 131 Å². The van der Waals surface area contributed by atoms with Crippen molar-refractivity contribution in [3.8, 4) is 0 Å². The molecule has 1 atom stereocenters. The molecular formula is C14H19F3N2O2S. The lowest BCUT2D eigenvalue weighted by Gasteiger charge is -2.17. The topological polar surface area (TPSA) is 61.4 Å². The minimum absolute atomic E-state index is 0.0490. The SMILES string of the molecule is CSCC(CCO)NC(=O)Nc1cccc(CC(F)(F)F)c1. The molecule has 1 rings (SSSR count). The lowest BCUT2D eigenvalue weighted by atomic mass is 10.1. The quantitative estimate of drug-likeness (QED) is 0.717. The van der Waals surface area contributed by atoms with Gasteiger partial charge in [0, 0.05) is 24.1 Å². The third kappa shape index (κ3) is 7.56. The highest BCUT2D eigenvalue weighted by molar-refractivity contribution is 7.98. The van der Waals surface area contributed by atoms with Gasteiger partial charge in [0.05, 0.1) is 6.42 Å². The van der Waals surface area contributed by atoms with Crippen molar-refractivity contribution in [3.63, 3.8) is 0 Å². The minimum atomic E-state index is -4.29. The fourth-order valence-electron chi connectivity index (χ4n) is 1.90. The van der Waals surface area contributed by atoms with E-state index in [-0.39, 0.29) is 18.2 Å². The number of rotatable bonds is 7. The summed E-state index contributed by atoms with van der Waals surface area (Å²) in [7, 11) is 0. The van der Waals surface area contributed by atoms with Gasteiger partial charge in [0.2, 0.25) is 0 Å². The molecule has 1 unspecified atom stereocenters. The lowest BCUT2D eigenvalue weighted by Crippen LogP contribution is -2.40. The number of aliphatic hydroxyl groups is 1. The van der Waals surface area contributed by atoms with Crippen LogP contribution in [-0.4, -0.2) is 42.0 Å². The monoisotopic (exact) mass is 336 g/mol. The molecule has 0 saturated carbocycles. The van der Waals surface area contributed by atoms with Crippen LogP contribution in [0.4, 0.5) is 23.7 Å². The molecule has 0 aliphatic rings. The summed E-state index contributed by atoms with van der Waals surface area (Å²) < 4.78 is 37.1. The Morgan fingerprint density at radius 1 is 1.41 bits per heavy atom. The second-order valence-electron chi connectivity index (χ2n) is 4.76. The fourth-order valence-corrected chi connectivity index (χ4v) is 2.55. The number of hydrogen-bond acceptors (Lipinski definition) is 3. The second-order valence-corrected chi connectivity index (χ2v) is 5.67. The van der Waals surface area contributed by atoms with Crippen molar-refractivity contribution in [1.29, 1.82) is 0 Å². The molecule has 1 aromatic carbocycles. The van der Waals surface area contributed by atoms with E-state index in [1.165, 1.54) is 36.0 Å². The first-order valence-electron chi connectivity index (χ1n) is 6.67. The van der Waals surface area contributed by atoms with Crippen LogP contribution in [-0.2, 0) is 6.42 Å². The van der Waals surface area contributed by atoms with Crippen LogP contribution in [0.1, 0.15) is 12.0 Å². The van der Waals surface area contributed by atoms with Gasteiger partial charge in [0.15, 0.2) is 0 Å². The smallest absolute Gasteiger partial charge is 0.393 e. The van der Waals surface area contributed by atoms with E-state index < -0.39 is 18.6 Å². The number of benzene rings is 1. The molecule has 0 aliphatic carbocycles. The number of nitrogens with one attached hydrogen (secondary N) is 2. The van der Waals surface area contributed by atoms with E-state index in [4.69, 9.17) is 5.11 Å². The third-order valence-electron chi connectivity index (χ3n) is 2.77. The maximum Gasteiger partial charge on any atom is 0.393 e. The summed E-state index contributed by atoms with van der Waals surface area (Å²) in [6, 6.07) is 4.94. The molecule has 22 heavy (non-hydrogen) atoms. The molecule has 3 N–H and O–H groups in total. The molecule has 8 heteroatoms. The van der Waals surface area contributed by atoms with Crippen molar-refractivity contribution in [2.24, 2.45) is 0 Å². The third-order valence-corrected chi connectivity index (χ3v) is 3.51. The summed E-state index contributed by atoms with van der Waals surface area (Å²) in [6.45, 7) is -0.0490. The minimum Gasteiger partial charge on any atom is -0.396 e. The highest BCUT2D eigenvalue weighted by atomic mass is 32.2. The van der Waals surface area contributed by atoms with E-state index in [1.54, 1.807) is 0 Å². The highest BCUT2D eigenvalue weighted by Crippen LogP contribution is 2.22. The van der Waals surface area contributed by atoms with Crippen LogP contribution in [0.3, 0.4) is 0 Å². The Morgan fingerprint density at radius 3 is 2.73 bits per heavy atom. The number of carbonyl (C=O) groups excluding carboxylic acids is 1. The van der Waals surface area contributed by atoms with Gasteiger partial charge in [-0.2, -0.15) is 24.9 Å². The van der Waals surface area contributed by atoms with Crippen LogP contribution < -0.4 is 10.6 Å². The maximum absolute atomic E-state index is 12.4. The number of urea groups is 1. The number of carbonyl (C=O) groups is 1. The summed E-state index contributed by atoms with van der Waals surface area (Å²) in [5.41, 5.74) is 0.382. The van der Waals surface area contributed by atoms with Crippen LogP contribution in [0, 0.1) is 0 Å². The summed E-state index contributed by atoms with van der Waals surface area (Å²) in [5.74, 6) is 0.641. The summed E-state index contributed by atoms with van der Waals surface area (Å²) in [4.78, 5) is 11.8. The predicted molar refractivity (Wildman–Crippen MR) is 82.2 cm³/mol. The van der Waals surface area contributed by atoms with Crippen molar-refractivity contribution in [3.05, 3.63) is 29.8 Å². The number of aliphatic hydroxyl groups excluding tert-OH is 1. The van der Waals surface area contributed by atoms with Crippen molar-refractivity contribution >= 4 is 23.5 Å². The Kier molecular flexibility index (Phi) is 7.53. The Morgan fingerprint density at radius 2 is 2.14 bits per heavy atom. The first kappa shape index (κ1) is 18.6. The highest BCUT2D eigenvalue weighted by Gasteiger charge is 2.27. The molecule has 124 valence electrons. The van der Waals surface area contributed by atoms with Gasteiger partial charge in [-0.05, 0) is 30.4 Å². The van der Waals surface area contributed by atoms with Crippen molar-refractivity contribution in [2.75, 3.05) is 23.9 Å². The zero-order chi connectivity index (χ0) is 16.6. The van der Waals surface area contributed by atoms with Crippen LogP contribution in [0.15, 0.2) is 24.3 Å². The average molecular weight is 336 g/mol. The van der Waals surface area contributed by atoms with Gasteiger partial charge in [0.25, 0.3) is 0 Å². The molecule has 0 heterocycles. The van der Waals surface area contributed by atoms with Gasteiger partial charge in [-0.25, -0.2) is 4.79 Å². The van der Waals surface area contributed by atoms with Gasteiger partial charge < -0.3 is 15.7 Å². The van der Waals surface area contributed by atoms with E-state index in [1.807, 2.05) is 6.26 Å². The van der Waals surface area contributed by atoms with Crippen LogP contribution in [0.25, 0.3) is 0 Å². The molecule has 4 nitrogen and oxygen atoms in total. The number of halogens is 3. The molecule has 2 amide bonds. The molecule has 0 bridgehead atoms. The molecule has 0 spiro atoms. The molecule has 0 radical (unpaired) electrons. The Balaban J connectivity index is 2.62. The number of amides is 2. The second kappa shape index (κ2) is 8.89. The predicted octanol–water partition coefficient (Wildman–Crippen LogP) is 3.03. The standard InChI is InChI=1S/C14H19F3N2O2S/c1-22-9-12(5-6-20)19-13(21)18-11-4-2-3-10(7-11)8-14(15,16)17/h2-4,7,12,20H,5-6,8-9H2,1H3,(H2,18,19,21). The van der Waals surface area contributed by atoms with E-state index in [2.05, 4.69) is 10.6 Å². The Hall–Kier alpha value is -1.41. The van der Waals surface area contributed by atoms with Crippen molar-refractivity contribution in [1.82, 2.24) is 5.32 Å². The maximum atomic E-state index is 12.4. The van der Waals surface area contributed by atoms with E-state index in [0.29, 0.717) is 17.9 Å². The van der Waals surface area contributed by atoms with E-state index in [9.17, 15) is 18.0 Å². The zero-order valence-corrected chi connectivity index (χ0v) is 12.9. The van der Waals surface area contributed by atoms with E-state index >= 15 is 0 Å². The van der Waals surface area contributed by atoms with Gasteiger partial charge >= 0.3 is 12.2 Å². The van der Waals surface area contributed by atoms with Gasteiger partial charge in [0.1, 0.15) is 0 Å². The lowest BCUT2D eigenvalue weighted by molar-refractivity contribution is -0.127. The average Bonchev–Trinajstić information content (AvgIpc) is 2.37. The summed E-state index contributed by atoms with van der Waals surface area (Å²) in [5, 5.41) is 14.1. The first-order valence-corrected chi connectivity index (χ1v) is 8.06. The van der Waals surface area contributed by atoms with Crippen LogP contribution in [0.2, 0.25) is 0 Å². The van der Waals surface area contributed by atoms with Gasteiger partial charge in [-0.1, -0.05) is 12.1 Å². The molecule has 0 aromatic heterocycles. The van der Waals surface area contributed by atoms with Gasteiger partial charge in [-0.3, -0.25) is 0 Å². The summed E-state index contributed by atoms with van der Waals surface area (Å²) in [6.07, 6.45) is -3.03. The molecule has 1 aromatic rings. The van der Waals surface area contributed by atoms with Gasteiger partial charge in [-0.15, -0.1) is 0 Å². The van der Waals surface area contributed by atoms with Crippen molar-refractivity contribution in [2.45, 2.75) is 25.1 Å². The zero-order valence-electron chi connectivity index (χ0n) is 12.1. The van der Waals surface area contributed by atoms with Crippen LogP contribution in [0.5, 0.6) is 0 Å². The fraction of sp³-hybridized carbons (Fsp3) is 0.500. The normalized spacial score (nSPS) is 12.8. The van der Waals surface area contributed by atoms with Crippen molar-refractivity contribution < 1.29 is 23.1 Å². The number of anilines is 1. The molecule has 0 aliphatic heterocycles. The number of hydrogen-bond donors (Lipinski definition) is 3. The largest absolute Gasteiger partial charge is 0.396 e.